The molecule has 166 valence electrons. The molecular weight excluding hydrogens is 664 g/mol. The number of aliphatic hydroxyl groups is 4. The zero-order valence-corrected chi connectivity index (χ0v) is 21.6. The molecule has 0 heterocycles. The molecule has 0 aliphatic carbocycles. The Labute approximate surface area is 206 Å². The number of esters is 2. The second-order valence-corrected chi connectivity index (χ2v) is 8.73. The van der Waals surface area contributed by atoms with E-state index < -0.39 is 37.4 Å². The second-order valence-electron chi connectivity index (χ2n) is 5.56. The van der Waals surface area contributed by atoms with Crippen molar-refractivity contribution in [2.75, 3.05) is 26.4 Å². The van der Waals surface area contributed by atoms with Crippen LogP contribution >= 0.6 is 63.7 Å². The second kappa shape index (κ2) is 13.7. The van der Waals surface area contributed by atoms with Crippen LogP contribution in [0.15, 0.2) is 42.2 Å². The number of carbonyl (C=O) groups excluding carboxylic acids is 2. The van der Waals surface area contributed by atoms with Gasteiger partial charge in [0.25, 0.3) is 0 Å². The lowest BCUT2D eigenvalue weighted by Crippen LogP contribution is -2.22. The van der Waals surface area contributed by atoms with Gasteiger partial charge < -0.3 is 29.9 Å². The monoisotopic (exact) mass is 678 g/mol. The van der Waals surface area contributed by atoms with Gasteiger partial charge in [0.15, 0.2) is 0 Å². The topological polar surface area (TPSA) is 134 Å². The van der Waals surface area contributed by atoms with E-state index in [0.717, 1.165) is 0 Å². The van der Waals surface area contributed by atoms with E-state index in [1.165, 1.54) is 24.3 Å². The van der Waals surface area contributed by atoms with Gasteiger partial charge in [0.1, 0.15) is 25.4 Å². The Kier molecular flexibility index (Phi) is 12.6. The first-order valence-electron chi connectivity index (χ1n) is 8.26. The number of hydrogen-bond donors (Lipinski definition) is 4. The van der Waals surface area contributed by atoms with Gasteiger partial charge in [-0.2, -0.15) is 0 Å². The predicted molar refractivity (Wildman–Crippen MR) is 122 cm³/mol. The fraction of sp³-hybridized carbons (Fsp3) is 0.333. The van der Waals surface area contributed by atoms with Gasteiger partial charge in [0, 0.05) is 17.9 Å². The summed E-state index contributed by atoms with van der Waals surface area (Å²) in [4.78, 5) is 25.3. The van der Waals surface area contributed by atoms with Crippen molar-refractivity contribution >= 4 is 75.7 Å². The third-order valence-electron chi connectivity index (χ3n) is 3.37. The van der Waals surface area contributed by atoms with E-state index in [4.69, 9.17) is 19.7 Å². The fourth-order valence-corrected chi connectivity index (χ4v) is 4.47. The number of carbonyl (C=O) groups is 2. The van der Waals surface area contributed by atoms with Crippen LogP contribution in [0.2, 0.25) is 0 Å². The van der Waals surface area contributed by atoms with Crippen LogP contribution in [0, 0.1) is 0 Å². The van der Waals surface area contributed by atoms with Gasteiger partial charge in [0.2, 0.25) is 0 Å². The molecule has 8 nitrogen and oxygen atoms in total. The number of benzene rings is 1. The van der Waals surface area contributed by atoms with Crippen molar-refractivity contribution in [2.45, 2.75) is 12.2 Å². The van der Waals surface area contributed by atoms with Gasteiger partial charge in [-0.1, -0.05) is 24.3 Å². The number of hydrogen-bond acceptors (Lipinski definition) is 8. The Bertz CT molecular complexity index is 758. The number of ether oxygens (including phenoxy) is 2. The third kappa shape index (κ3) is 7.83. The molecule has 0 saturated carbocycles. The molecule has 1 aromatic rings. The van der Waals surface area contributed by atoms with Crippen LogP contribution in [0.1, 0.15) is 20.7 Å². The molecule has 0 aliphatic rings. The maximum atomic E-state index is 12.7. The average molecular weight is 682 g/mol. The quantitative estimate of drug-likeness (QED) is 0.128. The molecule has 1 rings (SSSR count). The minimum Gasteiger partial charge on any atom is -0.459 e. The normalized spacial score (nSPS) is 13.6. The SMILES string of the molecule is O=C(OCC(O)C=CCO)c1c(Br)c(Br)c(Br)c(Br)c1C(=O)OCC(O)C=CCO. The molecular formula is C18H18Br4O8. The van der Waals surface area contributed by atoms with E-state index in [-0.39, 0.29) is 33.3 Å². The van der Waals surface area contributed by atoms with Crippen LogP contribution in [0.3, 0.4) is 0 Å². The smallest absolute Gasteiger partial charge is 0.340 e. The van der Waals surface area contributed by atoms with Crippen LogP contribution in [0.4, 0.5) is 0 Å². The molecule has 0 spiro atoms. The largest absolute Gasteiger partial charge is 0.459 e. The van der Waals surface area contributed by atoms with Gasteiger partial charge in [-0.3, -0.25) is 0 Å². The summed E-state index contributed by atoms with van der Waals surface area (Å²) in [6.45, 7) is -1.38. The van der Waals surface area contributed by atoms with Crippen LogP contribution in [0.5, 0.6) is 0 Å². The minimum absolute atomic E-state index is 0.166. The third-order valence-corrected chi connectivity index (χ3v) is 8.14. The van der Waals surface area contributed by atoms with Gasteiger partial charge in [-0.05, 0) is 63.7 Å². The lowest BCUT2D eigenvalue weighted by Gasteiger charge is -2.17. The molecule has 0 aliphatic heterocycles. The first-order valence-corrected chi connectivity index (χ1v) is 11.4. The zero-order chi connectivity index (χ0) is 22.8. The van der Waals surface area contributed by atoms with E-state index in [9.17, 15) is 19.8 Å². The highest BCUT2D eigenvalue weighted by Crippen LogP contribution is 2.42. The summed E-state index contributed by atoms with van der Waals surface area (Å²) in [5.74, 6) is -1.83. The summed E-state index contributed by atoms with van der Waals surface area (Å²) in [5.41, 5.74) is -0.332. The molecule has 30 heavy (non-hydrogen) atoms. The highest BCUT2D eigenvalue weighted by molar-refractivity contribution is 9.15. The van der Waals surface area contributed by atoms with Gasteiger partial charge >= 0.3 is 11.9 Å². The van der Waals surface area contributed by atoms with E-state index in [2.05, 4.69) is 63.7 Å². The average Bonchev–Trinajstić information content (AvgIpc) is 2.73. The molecule has 12 heteroatoms. The predicted octanol–water partition coefficient (Wildman–Crippen LogP) is 2.87. The van der Waals surface area contributed by atoms with Gasteiger partial charge in [0.05, 0.1) is 24.3 Å². The summed E-state index contributed by atoms with van der Waals surface area (Å²) in [5, 5.41) is 36.9. The lowest BCUT2D eigenvalue weighted by atomic mass is 10.1. The standard InChI is InChI=1S/C18H18Br4O8/c19-13-11(17(27)29-7-9(25)3-1-5-23)12(14(20)16(22)15(13)21)18(28)30-8-10(26)4-2-6-24/h1-4,9-10,23-26H,5-8H2. The Morgan fingerprint density at radius 1 is 0.733 bits per heavy atom. The minimum atomic E-state index is -1.15. The molecule has 0 bridgehead atoms. The summed E-state index contributed by atoms with van der Waals surface area (Å²) in [7, 11) is 0. The van der Waals surface area contributed by atoms with Crippen LogP contribution in [-0.4, -0.2) is 71.0 Å². The molecule has 0 aromatic heterocycles. The summed E-state index contributed by atoms with van der Waals surface area (Å²) in [6.07, 6.45) is 2.80. The van der Waals surface area contributed by atoms with Crippen LogP contribution in [-0.2, 0) is 9.47 Å². The molecule has 1 aromatic carbocycles. The Hall–Kier alpha value is -0.600. The Balaban J connectivity index is 3.19. The van der Waals surface area contributed by atoms with E-state index in [1.807, 2.05) is 0 Å². The molecule has 4 N–H and O–H groups in total. The Morgan fingerprint density at radius 2 is 1.07 bits per heavy atom. The van der Waals surface area contributed by atoms with E-state index in [0.29, 0.717) is 8.95 Å². The molecule has 0 fully saturated rings. The van der Waals surface area contributed by atoms with Gasteiger partial charge in [-0.25, -0.2) is 9.59 Å². The first-order chi connectivity index (χ1) is 14.1. The van der Waals surface area contributed by atoms with Crippen molar-refractivity contribution in [1.82, 2.24) is 0 Å². The fourth-order valence-electron chi connectivity index (χ4n) is 2.03. The number of rotatable bonds is 10. The first kappa shape index (κ1) is 27.4. The highest BCUT2D eigenvalue weighted by atomic mass is 79.9. The van der Waals surface area contributed by atoms with E-state index >= 15 is 0 Å². The van der Waals surface area contributed by atoms with E-state index in [1.54, 1.807) is 0 Å². The zero-order valence-electron chi connectivity index (χ0n) is 15.2. The summed E-state index contributed by atoms with van der Waals surface area (Å²) in [6, 6.07) is 0. The highest BCUT2D eigenvalue weighted by Gasteiger charge is 2.30. The van der Waals surface area contributed by atoms with Crippen LogP contribution < -0.4 is 0 Å². The van der Waals surface area contributed by atoms with Crippen molar-refractivity contribution in [2.24, 2.45) is 0 Å². The van der Waals surface area contributed by atoms with Crippen molar-refractivity contribution in [3.05, 3.63) is 53.3 Å². The molecule has 2 unspecified atom stereocenters. The van der Waals surface area contributed by atoms with Gasteiger partial charge in [-0.15, -0.1) is 0 Å². The molecule has 0 radical (unpaired) electrons. The number of aliphatic hydroxyl groups excluding tert-OH is 4. The molecule has 0 saturated heterocycles. The van der Waals surface area contributed by atoms with Crippen molar-refractivity contribution < 1.29 is 39.5 Å². The summed E-state index contributed by atoms with van der Waals surface area (Å²) >= 11 is 13.1. The molecule has 0 amide bonds. The summed E-state index contributed by atoms with van der Waals surface area (Å²) < 4.78 is 11.4. The molecule has 2 atom stereocenters. The maximum absolute atomic E-state index is 12.7. The van der Waals surface area contributed by atoms with Crippen molar-refractivity contribution in [1.29, 1.82) is 0 Å². The van der Waals surface area contributed by atoms with Crippen molar-refractivity contribution in [3.8, 4) is 0 Å². The lowest BCUT2D eigenvalue weighted by molar-refractivity contribution is 0.0301. The van der Waals surface area contributed by atoms with Crippen LogP contribution in [0.25, 0.3) is 0 Å². The number of halogens is 4. The maximum Gasteiger partial charge on any atom is 0.340 e. The van der Waals surface area contributed by atoms with Crippen molar-refractivity contribution in [3.63, 3.8) is 0 Å². The Morgan fingerprint density at radius 3 is 1.37 bits per heavy atom.